The molecular weight excluding hydrogens is 278 g/mol. The van der Waals surface area contributed by atoms with Crippen LogP contribution in [0.5, 0.6) is 0 Å². The fraction of sp³-hybridized carbons (Fsp3) is 0.0588. The topological polar surface area (TPSA) is 48.7 Å². The van der Waals surface area contributed by atoms with E-state index >= 15 is 0 Å². The Bertz CT molecular complexity index is 755. The summed E-state index contributed by atoms with van der Waals surface area (Å²) in [5.74, 6) is 0. The fourth-order valence-corrected chi connectivity index (χ4v) is 2.70. The third-order valence-corrected chi connectivity index (χ3v) is 3.94. The van der Waals surface area contributed by atoms with Crippen LogP contribution in [0.4, 0.5) is 5.69 Å². The van der Waals surface area contributed by atoms with Crippen molar-refractivity contribution in [2.24, 2.45) is 0 Å². The number of anilines is 1. The molecule has 0 atom stereocenters. The lowest BCUT2D eigenvalue weighted by Gasteiger charge is -2.07. The van der Waals surface area contributed by atoms with Crippen molar-refractivity contribution in [2.45, 2.75) is 6.54 Å². The summed E-state index contributed by atoms with van der Waals surface area (Å²) in [7, 11) is 0. The molecule has 0 unspecified atom stereocenters. The van der Waals surface area contributed by atoms with Gasteiger partial charge in [0.2, 0.25) is 0 Å². The van der Waals surface area contributed by atoms with Crippen LogP contribution >= 0.6 is 11.3 Å². The quantitative estimate of drug-likeness (QED) is 0.780. The summed E-state index contributed by atoms with van der Waals surface area (Å²) < 4.78 is 0. The number of thiazole rings is 1. The highest BCUT2D eigenvalue weighted by atomic mass is 32.1. The highest BCUT2D eigenvalue weighted by Gasteiger charge is 2.00. The lowest BCUT2D eigenvalue weighted by Crippen LogP contribution is -1.99. The summed E-state index contributed by atoms with van der Waals surface area (Å²) >= 11 is 1.63. The van der Waals surface area contributed by atoms with Crippen molar-refractivity contribution in [3.63, 3.8) is 0 Å². The van der Waals surface area contributed by atoms with Crippen molar-refractivity contribution < 1.29 is 0 Å². The molecule has 0 aliphatic rings. The van der Waals surface area contributed by atoms with E-state index in [0.717, 1.165) is 21.8 Å². The molecule has 4 heteroatoms. The van der Waals surface area contributed by atoms with Gasteiger partial charge in [0.05, 0.1) is 11.6 Å². The Morgan fingerprint density at radius 1 is 1.14 bits per heavy atom. The molecule has 102 valence electrons. The monoisotopic (exact) mass is 291 g/mol. The molecule has 0 aliphatic heterocycles. The van der Waals surface area contributed by atoms with Crippen LogP contribution in [0.3, 0.4) is 0 Å². The second-order valence-electron chi connectivity index (χ2n) is 4.58. The van der Waals surface area contributed by atoms with Gasteiger partial charge < -0.3 is 5.32 Å². The van der Waals surface area contributed by atoms with Gasteiger partial charge >= 0.3 is 0 Å². The van der Waals surface area contributed by atoms with E-state index in [9.17, 15) is 0 Å². The molecule has 3 nitrogen and oxygen atoms in total. The SMILES string of the molecule is N#Cc1cccc(CNc2ccc(-c3nccs3)cc2)c1. The summed E-state index contributed by atoms with van der Waals surface area (Å²) in [6, 6.07) is 18.0. The summed E-state index contributed by atoms with van der Waals surface area (Å²) in [6.45, 7) is 0.701. The number of nitriles is 1. The van der Waals surface area contributed by atoms with Gasteiger partial charge in [-0.05, 0) is 42.0 Å². The van der Waals surface area contributed by atoms with Gasteiger partial charge in [-0.3, -0.25) is 0 Å². The predicted molar refractivity (Wildman–Crippen MR) is 86.0 cm³/mol. The van der Waals surface area contributed by atoms with Crippen LogP contribution in [0.15, 0.2) is 60.1 Å². The standard InChI is InChI=1S/C17H13N3S/c18-11-13-2-1-3-14(10-13)12-20-16-6-4-15(5-7-16)17-19-8-9-21-17/h1-10,20H,12H2. The number of nitrogens with zero attached hydrogens (tertiary/aromatic N) is 2. The molecule has 21 heavy (non-hydrogen) atoms. The van der Waals surface area contributed by atoms with Crippen LogP contribution in [0.25, 0.3) is 10.6 Å². The van der Waals surface area contributed by atoms with Crippen LogP contribution in [0.1, 0.15) is 11.1 Å². The molecule has 1 N–H and O–H groups in total. The molecule has 0 saturated carbocycles. The van der Waals surface area contributed by atoms with Gasteiger partial charge in [0.1, 0.15) is 5.01 Å². The second-order valence-corrected chi connectivity index (χ2v) is 5.47. The minimum absolute atomic E-state index is 0.688. The lowest BCUT2D eigenvalue weighted by atomic mass is 10.1. The van der Waals surface area contributed by atoms with Gasteiger partial charge in [0, 0.05) is 29.4 Å². The number of nitrogens with one attached hydrogen (secondary N) is 1. The fourth-order valence-electron chi connectivity index (χ4n) is 2.05. The number of benzene rings is 2. The van der Waals surface area contributed by atoms with E-state index in [1.807, 2.05) is 48.0 Å². The first-order chi connectivity index (χ1) is 10.3. The van der Waals surface area contributed by atoms with Crippen molar-refractivity contribution in [1.82, 2.24) is 4.98 Å². The van der Waals surface area contributed by atoms with Crippen molar-refractivity contribution in [3.8, 4) is 16.6 Å². The van der Waals surface area contributed by atoms with Crippen molar-refractivity contribution in [3.05, 3.63) is 71.2 Å². The van der Waals surface area contributed by atoms with E-state index in [2.05, 4.69) is 28.5 Å². The van der Waals surface area contributed by atoms with E-state index in [0.29, 0.717) is 12.1 Å². The molecule has 0 bridgehead atoms. The largest absolute Gasteiger partial charge is 0.381 e. The Morgan fingerprint density at radius 3 is 2.71 bits per heavy atom. The Balaban J connectivity index is 1.67. The minimum Gasteiger partial charge on any atom is -0.381 e. The smallest absolute Gasteiger partial charge is 0.123 e. The highest BCUT2D eigenvalue weighted by molar-refractivity contribution is 7.13. The maximum absolute atomic E-state index is 8.89. The van der Waals surface area contributed by atoms with E-state index in [-0.39, 0.29) is 0 Å². The molecule has 3 aromatic rings. The zero-order valence-corrected chi connectivity index (χ0v) is 12.1. The number of aromatic nitrogens is 1. The van der Waals surface area contributed by atoms with Crippen LogP contribution in [0.2, 0.25) is 0 Å². The highest BCUT2D eigenvalue weighted by Crippen LogP contribution is 2.23. The average Bonchev–Trinajstić information content (AvgIpc) is 3.08. The maximum Gasteiger partial charge on any atom is 0.123 e. The molecule has 1 aromatic heterocycles. The van der Waals surface area contributed by atoms with Gasteiger partial charge in [-0.2, -0.15) is 5.26 Å². The zero-order chi connectivity index (χ0) is 14.5. The predicted octanol–water partition coefficient (Wildman–Crippen LogP) is 4.29. The summed E-state index contributed by atoms with van der Waals surface area (Å²) in [4.78, 5) is 4.30. The van der Waals surface area contributed by atoms with E-state index in [4.69, 9.17) is 5.26 Å². The molecule has 0 fully saturated rings. The Kier molecular flexibility index (Phi) is 3.95. The van der Waals surface area contributed by atoms with E-state index in [1.165, 1.54) is 0 Å². The Labute approximate surface area is 127 Å². The van der Waals surface area contributed by atoms with Crippen molar-refractivity contribution >= 4 is 17.0 Å². The number of hydrogen-bond donors (Lipinski definition) is 1. The molecule has 0 spiro atoms. The van der Waals surface area contributed by atoms with Crippen LogP contribution in [-0.4, -0.2) is 4.98 Å². The molecule has 2 aromatic carbocycles. The molecule has 1 heterocycles. The van der Waals surface area contributed by atoms with Crippen LogP contribution < -0.4 is 5.32 Å². The third kappa shape index (κ3) is 3.28. The molecule has 0 aliphatic carbocycles. The summed E-state index contributed by atoms with van der Waals surface area (Å²) in [6.07, 6.45) is 1.81. The van der Waals surface area contributed by atoms with Gasteiger partial charge in [-0.15, -0.1) is 11.3 Å². The Morgan fingerprint density at radius 2 is 2.00 bits per heavy atom. The molecule has 0 radical (unpaired) electrons. The van der Waals surface area contributed by atoms with Gasteiger partial charge in [-0.25, -0.2) is 4.98 Å². The van der Waals surface area contributed by atoms with Crippen molar-refractivity contribution in [1.29, 1.82) is 5.26 Å². The van der Waals surface area contributed by atoms with Crippen LogP contribution in [-0.2, 0) is 6.54 Å². The number of rotatable bonds is 4. The first-order valence-corrected chi connectivity index (χ1v) is 7.46. The van der Waals surface area contributed by atoms with Crippen LogP contribution in [0, 0.1) is 11.3 Å². The van der Waals surface area contributed by atoms with Gasteiger partial charge in [0.15, 0.2) is 0 Å². The van der Waals surface area contributed by atoms with E-state index < -0.39 is 0 Å². The van der Waals surface area contributed by atoms with Crippen molar-refractivity contribution in [2.75, 3.05) is 5.32 Å². The second kappa shape index (κ2) is 6.21. The number of hydrogen-bond acceptors (Lipinski definition) is 4. The minimum atomic E-state index is 0.688. The Hall–Kier alpha value is -2.64. The summed E-state index contributed by atoms with van der Waals surface area (Å²) in [5, 5.41) is 15.3. The molecule has 3 rings (SSSR count). The first-order valence-electron chi connectivity index (χ1n) is 6.58. The first kappa shape index (κ1) is 13.3. The van der Waals surface area contributed by atoms with Gasteiger partial charge in [-0.1, -0.05) is 12.1 Å². The molecule has 0 saturated heterocycles. The van der Waals surface area contributed by atoms with Gasteiger partial charge in [0.25, 0.3) is 0 Å². The maximum atomic E-state index is 8.89. The lowest BCUT2D eigenvalue weighted by molar-refractivity contribution is 1.15. The third-order valence-electron chi connectivity index (χ3n) is 3.12. The summed E-state index contributed by atoms with van der Waals surface area (Å²) in [5.41, 5.74) is 3.96. The zero-order valence-electron chi connectivity index (χ0n) is 11.3. The molecular formula is C17H13N3S. The average molecular weight is 291 g/mol. The molecule has 0 amide bonds. The van der Waals surface area contributed by atoms with E-state index in [1.54, 1.807) is 11.3 Å². The normalized spacial score (nSPS) is 10.0.